The first kappa shape index (κ1) is 15.7. The molecule has 9 heteroatoms. The number of amides is 1. The van der Waals surface area contributed by atoms with Gasteiger partial charge in [-0.2, -0.15) is 8.75 Å². The van der Waals surface area contributed by atoms with E-state index in [2.05, 4.69) is 14.1 Å². The number of nitrogens with one attached hydrogen (secondary N) is 1. The van der Waals surface area contributed by atoms with Crippen LogP contribution in [0.5, 0.6) is 11.5 Å². The minimum absolute atomic E-state index is 0.147. The van der Waals surface area contributed by atoms with Gasteiger partial charge in [-0.3, -0.25) is 4.79 Å². The van der Waals surface area contributed by atoms with Gasteiger partial charge >= 0.3 is 5.97 Å². The highest BCUT2D eigenvalue weighted by molar-refractivity contribution is 7.00. The number of aromatic nitrogens is 2. The summed E-state index contributed by atoms with van der Waals surface area (Å²) in [5, 5.41) is 21.4. The van der Waals surface area contributed by atoms with Gasteiger partial charge in [-0.05, 0) is 24.3 Å². The smallest absolute Gasteiger partial charge is 0.342 e. The molecule has 0 fully saturated rings. The number of carbonyl (C=O) groups excluding carboxylic acids is 2. The number of hydrogen-bond acceptors (Lipinski definition) is 8. The summed E-state index contributed by atoms with van der Waals surface area (Å²) in [5.41, 5.74) is 1.53. The summed E-state index contributed by atoms with van der Waals surface area (Å²) in [6, 6.07) is 8.59. The summed E-state index contributed by atoms with van der Waals surface area (Å²) in [6.45, 7) is -0.535. The van der Waals surface area contributed by atoms with Crippen molar-refractivity contribution in [3.63, 3.8) is 0 Å². The van der Waals surface area contributed by atoms with Crippen molar-refractivity contribution in [2.75, 3.05) is 11.9 Å². The van der Waals surface area contributed by atoms with E-state index in [9.17, 15) is 19.8 Å². The molecule has 0 saturated carbocycles. The topological polar surface area (TPSA) is 122 Å². The van der Waals surface area contributed by atoms with Gasteiger partial charge in [0.1, 0.15) is 28.1 Å². The van der Waals surface area contributed by atoms with Crippen molar-refractivity contribution in [3.05, 3.63) is 42.0 Å². The highest BCUT2D eigenvalue weighted by Crippen LogP contribution is 2.23. The summed E-state index contributed by atoms with van der Waals surface area (Å²) in [7, 11) is 0. The van der Waals surface area contributed by atoms with Crippen molar-refractivity contribution in [1.82, 2.24) is 8.75 Å². The number of anilines is 1. The van der Waals surface area contributed by atoms with Crippen molar-refractivity contribution in [3.8, 4) is 11.5 Å². The largest absolute Gasteiger partial charge is 0.508 e. The standard InChI is InChI=1S/C15H11N3O5S/c19-8-4-5-9(12(20)6-8)15(22)23-7-13(21)16-10-2-1-3-11-14(10)18-24-17-11/h1-6,19-20H,7H2,(H,16,21). The molecule has 3 aromatic rings. The molecule has 0 bridgehead atoms. The Morgan fingerprint density at radius 1 is 1.17 bits per heavy atom. The van der Waals surface area contributed by atoms with Crippen LogP contribution in [0.15, 0.2) is 36.4 Å². The molecular weight excluding hydrogens is 334 g/mol. The van der Waals surface area contributed by atoms with Gasteiger partial charge < -0.3 is 20.3 Å². The van der Waals surface area contributed by atoms with Crippen LogP contribution >= 0.6 is 11.7 Å². The summed E-state index contributed by atoms with van der Waals surface area (Å²) < 4.78 is 13.0. The minimum atomic E-state index is -0.879. The number of hydrogen-bond donors (Lipinski definition) is 3. The first-order chi connectivity index (χ1) is 11.5. The number of phenols is 2. The van der Waals surface area contributed by atoms with E-state index in [1.807, 2.05) is 0 Å². The molecule has 3 N–H and O–H groups in total. The predicted octanol–water partition coefficient (Wildman–Crippen LogP) is 1.90. The van der Waals surface area contributed by atoms with Crippen molar-refractivity contribution in [2.45, 2.75) is 0 Å². The average Bonchev–Trinajstić information content (AvgIpc) is 3.02. The van der Waals surface area contributed by atoms with E-state index >= 15 is 0 Å². The molecule has 0 unspecified atom stereocenters. The lowest BCUT2D eigenvalue weighted by molar-refractivity contribution is -0.119. The number of fused-ring (bicyclic) bond motifs is 1. The van der Waals surface area contributed by atoms with Crippen LogP contribution in [0, 0.1) is 0 Å². The Morgan fingerprint density at radius 2 is 2.00 bits per heavy atom. The van der Waals surface area contributed by atoms with Crippen molar-refractivity contribution in [2.24, 2.45) is 0 Å². The van der Waals surface area contributed by atoms with Crippen LogP contribution in [-0.4, -0.2) is 37.4 Å². The van der Waals surface area contributed by atoms with E-state index < -0.39 is 24.2 Å². The Morgan fingerprint density at radius 3 is 2.79 bits per heavy atom. The highest BCUT2D eigenvalue weighted by Gasteiger charge is 2.15. The fourth-order valence-electron chi connectivity index (χ4n) is 1.99. The lowest BCUT2D eigenvalue weighted by atomic mass is 10.2. The maximum absolute atomic E-state index is 11.9. The number of phenolic OH excluding ortho intramolecular Hbond substituents is 2. The third-order valence-electron chi connectivity index (χ3n) is 3.10. The molecule has 0 atom stereocenters. The highest BCUT2D eigenvalue weighted by atomic mass is 32.1. The molecule has 24 heavy (non-hydrogen) atoms. The summed E-state index contributed by atoms with van der Waals surface area (Å²) in [5.74, 6) is -2.05. The summed E-state index contributed by atoms with van der Waals surface area (Å²) in [6.07, 6.45) is 0. The van der Waals surface area contributed by atoms with Crippen molar-refractivity contribution in [1.29, 1.82) is 0 Å². The molecule has 2 aromatic carbocycles. The van der Waals surface area contributed by atoms with Gasteiger partial charge in [0.2, 0.25) is 0 Å². The minimum Gasteiger partial charge on any atom is -0.508 e. The molecule has 0 aliphatic heterocycles. The zero-order valence-corrected chi connectivity index (χ0v) is 12.9. The van der Waals surface area contributed by atoms with Crippen LogP contribution in [0.2, 0.25) is 0 Å². The van der Waals surface area contributed by atoms with Gasteiger partial charge in [-0.25, -0.2) is 4.79 Å². The molecule has 0 aliphatic carbocycles. The number of nitrogens with zero attached hydrogens (tertiary/aromatic N) is 2. The lowest BCUT2D eigenvalue weighted by Crippen LogP contribution is -2.21. The van der Waals surface area contributed by atoms with Crippen LogP contribution in [0.1, 0.15) is 10.4 Å². The van der Waals surface area contributed by atoms with Gasteiger partial charge in [-0.1, -0.05) is 6.07 Å². The van der Waals surface area contributed by atoms with Gasteiger partial charge in [0.15, 0.2) is 6.61 Å². The van der Waals surface area contributed by atoms with E-state index in [1.165, 1.54) is 12.1 Å². The van der Waals surface area contributed by atoms with Crippen LogP contribution in [0.3, 0.4) is 0 Å². The number of rotatable bonds is 4. The molecule has 1 aromatic heterocycles. The predicted molar refractivity (Wildman–Crippen MR) is 86.1 cm³/mol. The second-order valence-corrected chi connectivity index (χ2v) is 5.29. The first-order valence-corrected chi connectivity index (χ1v) is 7.48. The second kappa shape index (κ2) is 6.50. The summed E-state index contributed by atoms with van der Waals surface area (Å²) >= 11 is 1.03. The molecule has 0 aliphatic rings. The molecule has 0 saturated heterocycles. The number of benzene rings is 2. The zero-order valence-electron chi connectivity index (χ0n) is 12.1. The van der Waals surface area contributed by atoms with E-state index in [0.717, 1.165) is 17.8 Å². The van der Waals surface area contributed by atoms with Crippen LogP contribution in [-0.2, 0) is 9.53 Å². The van der Waals surface area contributed by atoms with E-state index in [-0.39, 0.29) is 11.3 Å². The maximum atomic E-state index is 11.9. The lowest BCUT2D eigenvalue weighted by Gasteiger charge is -2.08. The number of esters is 1. The van der Waals surface area contributed by atoms with Crippen molar-refractivity contribution >= 4 is 40.3 Å². The van der Waals surface area contributed by atoms with E-state index in [0.29, 0.717) is 16.7 Å². The SMILES string of the molecule is O=C(COC(=O)c1ccc(O)cc1O)Nc1cccc2nsnc12. The Balaban J connectivity index is 1.63. The van der Waals surface area contributed by atoms with Gasteiger partial charge in [0.05, 0.1) is 17.4 Å². The second-order valence-electron chi connectivity index (χ2n) is 4.76. The van der Waals surface area contributed by atoms with Crippen LogP contribution in [0.25, 0.3) is 11.0 Å². The Labute approximate surface area is 139 Å². The number of aromatic hydroxyl groups is 2. The number of ether oxygens (including phenoxy) is 1. The Hall–Kier alpha value is -3.20. The monoisotopic (exact) mass is 345 g/mol. The number of carbonyl (C=O) groups is 2. The molecule has 122 valence electrons. The fraction of sp³-hybridized carbons (Fsp3) is 0.0667. The maximum Gasteiger partial charge on any atom is 0.342 e. The van der Waals surface area contributed by atoms with Gasteiger partial charge in [0.25, 0.3) is 5.91 Å². The molecule has 3 rings (SSSR count). The third kappa shape index (κ3) is 3.25. The molecule has 8 nitrogen and oxygen atoms in total. The van der Waals surface area contributed by atoms with Crippen LogP contribution < -0.4 is 5.32 Å². The van der Waals surface area contributed by atoms with Crippen LogP contribution in [0.4, 0.5) is 5.69 Å². The van der Waals surface area contributed by atoms with E-state index in [4.69, 9.17) is 4.74 Å². The van der Waals surface area contributed by atoms with Gasteiger partial charge in [0, 0.05) is 6.07 Å². The fourth-order valence-corrected chi connectivity index (χ4v) is 2.54. The summed E-state index contributed by atoms with van der Waals surface area (Å²) in [4.78, 5) is 23.8. The zero-order chi connectivity index (χ0) is 17.1. The Bertz CT molecular complexity index is 924. The molecule has 1 amide bonds. The Kier molecular flexibility index (Phi) is 4.25. The third-order valence-corrected chi connectivity index (χ3v) is 3.64. The molecular formula is C15H11N3O5S. The average molecular weight is 345 g/mol. The quantitative estimate of drug-likeness (QED) is 0.617. The normalized spacial score (nSPS) is 10.5. The van der Waals surface area contributed by atoms with Gasteiger partial charge in [-0.15, -0.1) is 0 Å². The first-order valence-electron chi connectivity index (χ1n) is 6.75. The van der Waals surface area contributed by atoms with E-state index in [1.54, 1.807) is 18.2 Å². The molecule has 1 heterocycles. The molecule has 0 radical (unpaired) electrons. The van der Waals surface area contributed by atoms with Crippen molar-refractivity contribution < 1.29 is 24.5 Å². The molecule has 0 spiro atoms.